The summed E-state index contributed by atoms with van der Waals surface area (Å²) in [5.41, 5.74) is 2.10. The number of hydrogen-bond donors (Lipinski definition) is 2. The number of aliphatic hydroxyl groups excluding tert-OH is 1. The number of ether oxygens (including phenoxy) is 2. The summed E-state index contributed by atoms with van der Waals surface area (Å²) < 4.78 is 9.02. The highest BCUT2D eigenvalue weighted by Gasteiger charge is 2.19. The average molecular weight is 279 g/mol. The first-order chi connectivity index (χ1) is 9.53. The summed E-state index contributed by atoms with van der Waals surface area (Å²) in [6, 6.07) is 5.27. The summed E-state index contributed by atoms with van der Waals surface area (Å²) in [5, 5.41) is 11.9. The van der Waals surface area contributed by atoms with Gasteiger partial charge >= 0.3 is 11.9 Å². The Bertz CT molecular complexity index is 518. The molecule has 0 unspecified atom stereocenters. The molecule has 0 bridgehead atoms. The van der Waals surface area contributed by atoms with Crippen LogP contribution in [0.25, 0.3) is 0 Å². The van der Waals surface area contributed by atoms with Gasteiger partial charge in [0.05, 0.1) is 20.8 Å². The number of hydrogen-bond acceptors (Lipinski definition) is 6. The van der Waals surface area contributed by atoms with Crippen LogP contribution in [-0.4, -0.2) is 31.3 Å². The van der Waals surface area contributed by atoms with Crippen molar-refractivity contribution in [2.75, 3.05) is 19.5 Å². The number of aryl methyl sites for hydroxylation is 1. The van der Waals surface area contributed by atoms with Crippen molar-refractivity contribution in [1.82, 2.24) is 0 Å². The number of carbonyl (C=O) groups excluding carboxylic acids is 2. The van der Waals surface area contributed by atoms with Gasteiger partial charge in [-0.05, 0) is 24.1 Å². The van der Waals surface area contributed by atoms with Crippen molar-refractivity contribution in [3.05, 3.63) is 41.1 Å². The first-order valence-corrected chi connectivity index (χ1v) is 5.87. The maximum absolute atomic E-state index is 11.5. The van der Waals surface area contributed by atoms with Gasteiger partial charge in [0.2, 0.25) is 0 Å². The molecule has 0 fully saturated rings. The number of rotatable bonds is 5. The first kappa shape index (κ1) is 15.7. The third-order valence-electron chi connectivity index (χ3n) is 2.66. The molecule has 20 heavy (non-hydrogen) atoms. The van der Waals surface area contributed by atoms with E-state index in [1.807, 2.05) is 6.92 Å². The SMILES string of the molecule is COC(=O)C(=CNc1ccc(CO)cc1C)C(=O)OC. The van der Waals surface area contributed by atoms with Gasteiger partial charge in [-0.25, -0.2) is 9.59 Å². The highest BCUT2D eigenvalue weighted by atomic mass is 16.5. The molecule has 1 rings (SSSR count). The van der Waals surface area contributed by atoms with Gasteiger partial charge in [0.15, 0.2) is 5.57 Å². The van der Waals surface area contributed by atoms with Crippen LogP contribution in [0.2, 0.25) is 0 Å². The van der Waals surface area contributed by atoms with E-state index in [0.29, 0.717) is 5.69 Å². The fraction of sp³-hybridized carbons (Fsp3) is 0.286. The molecule has 0 saturated heterocycles. The summed E-state index contributed by atoms with van der Waals surface area (Å²) in [7, 11) is 2.36. The Kier molecular flexibility index (Phi) is 5.74. The van der Waals surface area contributed by atoms with E-state index in [2.05, 4.69) is 14.8 Å². The Morgan fingerprint density at radius 3 is 2.30 bits per heavy atom. The highest BCUT2D eigenvalue weighted by Crippen LogP contribution is 2.17. The zero-order chi connectivity index (χ0) is 15.1. The first-order valence-electron chi connectivity index (χ1n) is 5.87. The van der Waals surface area contributed by atoms with Gasteiger partial charge in [-0.2, -0.15) is 0 Å². The molecule has 0 spiro atoms. The minimum Gasteiger partial charge on any atom is -0.465 e. The third-order valence-corrected chi connectivity index (χ3v) is 2.66. The molecule has 0 aromatic heterocycles. The van der Waals surface area contributed by atoms with Gasteiger partial charge < -0.3 is 19.9 Å². The van der Waals surface area contributed by atoms with Gasteiger partial charge in [-0.3, -0.25) is 0 Å². The van der Waals surface area contributed by atoms with Crippen molar-refractivity contribution in [3.63, 3.8) is 0 Å². The third kappa shape index (κ3) is 3.83. The van der Waals surface area contributed by atoms with E-state index in [9.17, 15) is 9.59 Å². The lowest BCUT2D eigenvalue weighted by Gasteiger charge is -2.09. The van der Waals surface area contributed by atoms with Crippen LogP contribution in [0.3, 0.4) is 0 Å². The van der Waals surface area contributed by atoms with Crippen molar-refractivity contribution in [2.45, 2.75) is 13.5 Å². The number of aliphatic hydroxyl groups is 1. The lowest BCUT2D eigenvalue weighted by atomic mass is 10.1. The lowest BCUT2D eigenvalue weighted by Crippen LogP contribution is -2.17. The smallest absolute Gasteiger partial charge is 0.346 e. The average Bonchev–Trinajstić information content (AvgIpc) is 2.47. The van der Waals surface area contributed by atoms with Crippen LogP contribution in [0.4, 0.5) is 5.69 Å². The summed E-state index contributed by atoms with van der Waals surface area (Å²) in [4.78, 5) is 22.9. The molecule has 0 aliphatic carbocycles. The van der Waals surface area contributed by atoms with Crippen LogP contribution >= 0.6 is 0 Å². The second-order valence-corrected chi connectivity index (χ2v) is 3.99. The van der Waals surface area contributed by atoms with Crippen LogP contribution in [0.5, 0.6) is 0 Å². The summed E-state index contributed by atoms with van der Waals surface area (Å²) >= 11 is 0. The minimum absolute atomic E-state index is 0.0491. The highest BCUT2D eigenvalue weighted by molar-refractivity contribution is 6.14. The molecule has 0 aliphatic heterocycles. The van der Waals surface area contributed by atoms with Gasteiger partial charge in [0.1, 0.15) is 0 Å². The van der Waals surface area contributed by atoms with Crippen molar-refractivity contribution in [3.8, 4) is 0 Å². The number of nitrogens with one attached hydrogen (secondary N) is 1. The number of benzene rings is 1. The van der Waals surface area contributed by atoms with Gasteiger partial charge in [-0.1, -0.05) is 12.1 Å². The van der Waals surface area contributed by atoms with Gasteiger partial charge in [-0.15, -0.1) is 0 Å². The second-order valence-electron chi connectivity index (χ2n) is 3.99. The number of carbonyl (C=O) groups is 2. The van der Waals surface area contributed by atoms with Crippen molar-refractivity contribution >= 4 is 17.6 Å². The van der Waals surface area contributed by atoms with Gasteiger partial charge in [0, 0.05) is 11.9 Å². The van der Waals surface area contributed by atoms with Crippen LogP contribution < -0.4 is 5.32 Å². The van der Waals surface area contributed by atoms with Gasteiger partial charge in [0.25, 0.3) is 0 Å². The molecule has 2 N–H and O–H groups in total. The standard InChI is InChI=1S/C14H17NO5/c1-9-6-10(8-16)4-5-12(9)15-7-11(13(17)19-2)14(18)20-3/h4-7,15-16H,8H2,1-3H3. The molecular weight excluding hydrogens is 262 g/mol. The largest absolute Gasteiger partial charge is 0.465 e. The zero-order valence-corrected chi connectivity index (χ0v) is 11.6. The molecule has 0 heterocycles. The fourth-order valence-electron chi connectivity index (χ4n) is 1.56. The van der Waals surface area contributed by atoms with Crippen LogP contribution in [0.1, 0.15) is 11.1 Å². The van der Waals surface area contributed by atoms with Crippen LogP contribution in [0.15, 0.2) is 30.0 Å². The molecule has 0 saturated carbocycles. The van der Waals surface area contributed by atoms with E-state index in [1.165, 1.54) is 20.4 Å². The quantitative estimate of drug-likeness (QED) is 0.364. The molecule has 6 nitrogen and oxygen atoms in total. The predicted octanol–water partition coefficient (Wildman–Crippen LogP) is 1.13. The molecule has 1 aromatic carbocycles. The van der Waals surface area contributed by atoms with Crippen molar-refractivity contribution in [2.24, 2.45) is 0 Å². The van der Waals surface area contributed by atoms with E-state index in [4.69, 9.17) is 5.11 Å². The monoisotopic (exact) mass is 279 g/mol. The number of anilines is 1. The molecule has 0 atom stereocenters. The minimum atomic E-state index is -0.783. The molecular formula is C14H17NO5. The maximum Gasteiger partial charge on any atom is 0.346 e. The summed E-state index contributed by atoms with van der Waals surface area (Å²) in [6.45, 7) is 1.79. The summed E-state index contributed by atoms with van der Waals surface area (Å²) in [6.07, 6.45) is 1.23. The molecule has 0 aliphatic rings. The van der Waals surface area contributed by atoms with Crippen LogP contribution in [0, 0.1) is 6.92 Å². The fourth-order valence-corrected chi connectivity index (χ4v) is 1.56. The lowest BCUT2D eigenvalue weighted by molar-refractivity contribution is -0.144. The second kappa shape index (κ2) is 7.30. The summed E-state index contributed by atoms with van der Waals surface area (Å²) in [5.74, 6) is -1.57. The number of methoxy groups -OCH3 is 2. The van der Waals surface area contributed by atoms with Crippen LogP contribution in [-0.2, 0) is 25.7 Å². The molecule has 6 heteroatoms. The van der Waals surface area contributed by atoms with E-state index in [-0.39, 0.29) is 12.2 Å². The normalized spacial score (nSPS) is 9.60. The molecule has 1 aromatic rings. The Balaban J connectivity index is 2.98. The molecule has 108 valence electrons. The van der Waals surface area contributed by atoms with E-state index < -0.39 is 11.9 Å². The predicted molar refractivity (Wildman–Crippen MR) is 72.8 cm³/mol. The maximum atomic E-state index is 11.5. The zero-order valence-electron chi connectivity index (χ0n) is 11.6. The van der Waals surface area contributed by atoms with Crippen molar-refractivity contribution < 1.29 is 24.2 Å². The molecule has 0 radical (unpaired) electrons. The van der Waals surface area contributed by atoms with E-state index in [0.717, 1.165) is 11.1 Å². The molecule has 0 amide bonds. The van der Waals surface area contributed by atoms with E-state index in [1.54, 1.807) is 18.2 Å². The van der Waals surface area contributed by atoms with Crippen molar-refractivity contribution in [1.29, 1.82) is 0 Å². The Labute approximate surface area is 117 Å². The Morgan fingerprint density at radius 2 is 1.85 bits per heavy atom. The van der Waals surface area contributed by atoms with E-state index >= 15 is 0 Å². The number of esters is 2. The topological polar surface area (TPSA) is 84.9 Å². The Hall–Kier alpha value is -2.34. The Morgan fingerprint density at radius 1 is 1.25 bits per heavy atom.